The van der Waals surface area contributed by atoms with Crippen molar-refractivity contribution in [3.63, 3.8) is 0 Å². The van der Waals surface area contributed by atoms with Gasteiger partial charge in [-0.05, 0) is 58.1 Å². The van der Waals surface area contributed by atoms with E-state index in [0.717, 1.165) is 26.9 Å². The molecule has 0 saturated carbocycles. The summed E-state index contributed by atoms with van der Waals surface area (Å²) >= 11 is 3.50. The molecule has 1 aliphatic rings. The second kappa shape index (κ2) is 6.24. The van der Waals surface area contributed by atoms with Gasteiger partial charge in [0.1, 0.15) is 0 Å². The van der Waals surface area contributed by atoms with Gasteiger partial charge in [-0.1, -0.05) is 18.2 Å². The summed E-state index contributed by atoms with van der Waals surface area (Å²) in [7, 11) is 3.21. The summed E-state index contributed by atoms with van der Waals surface area (Å²) in [5.74, 6) is 1.17. The van der Waals surface area contributed by atoms with Gasteiger partial charge >= 0.3 is 0 Å². The normalized spacial score (nSPS) is 16.0. The Morgan fingerprint density at radius 2 is 2.00 bits per heavy atom. The first-order chi connectivity index (χ1) is 11.0. The summed E-state index contributed by atoms with van der Waals surface area (Å²) in [4.78, 5) is 12.4. The Morgan fingerprint density at radius 3 is 2.70 bits per heavy atom. The molecule has 1 atom stereocenters. The maximum Gasteiger partial charge on any atom is 0.232 e. The number of anilines is 1. The summed E-state index contributed by atoms with van der Waals surface area (Å²) in [6.07, 6.45) is 0.612. The van der Waals surface area contributed by atoms with Crippen LogP contribution in [0.5, 0.6) is 11.5 Å². The van der Waals surface area contributed by atoms with Crippen molar-refractivity contribution in [2.75, 3.05) is 19.5 Å². The van der Waals surface area contributed by atoms with Gasteiger partial charge in [0, 0.05) is 5.69 Å². The fourth-order valence-corrected chi connectivity index (χ4v) is 3.68. The number of aryl methyl sites for hydroxylation is 1. The minimum Gasteiger partial charge on any atom is -0.493 e. The largest absolute Gasteiger partial charge is 0.493 e. The molecule has 4 nitrogen and oxygen atoms in total. The first-order valence-corrected chi connectivity index (χ1v) is 8.15. The number of benzene rings is 2. The van der Waals surface area contributed by atoms with Crippen molar-refractivity contribution in [2.24, 2.45) is 0 Å². The smallest absolute Gasteiger partial charge is 0.232 e. The molecule has 0 bridgehead atoms. The van der Waals surface area contributed by atoms with Gasteiger partial charge in [-0.3, -0.25) is 4.79 Å². The number of carbonyl (C=O) groups is 1. The van der Waals surface area contributed by atoms with Crippen LogP contribution in [0.25, 0.3) is 0 Å². The van der Waals surface area contributed by atoms with Gasteiger partial charge in [0.2, 0.25) is 5.91 Å². The highest BCUT2D eigenvalue weighted by molar-refractivity contribution is 9.10. The van der Waals surface area contributed by atoms with Gasteiger partial charge < -0.3 is 14.8 Å². The first kappa shape index (κ1) is 15.9. The van der Waals surface area contributed by atoms with E-state index < -0.39 is 0 Å². The van der Waals surface area contributed by atoms with Crippen LogP contribution in [0.1, 0.15) is 22.6 Å². The van der Waals surface area contributed by atoms with Crippen LogP contribution in [0.3, 0.4) is 0 Å². The van der Waals surface area contributed by atoms with Crippen LogP contribution in [0.15, 0.2) is 34.8 Å². The molecule has 120 valence electrons. The van der Waals surface area contributed by atoms with Gasteiger partial charge in [-0.2, -0.15) is 0 Å². The maximum atomic E-state index is 12.4. The number of rotatable bonds is 4. The van der Waals surface area contributed by atoms with E-state index in [2.05, 4.69) is 21.2 Å². The molecule has 23 heavy (non-hydrogen) atoms. The molecule has 1 heterocycles. The molecule has 0 aromatic heterocycles. The zero-order valence-corrected chi connectivity index (χ0v) is 14.9. The molecule has 3 rings (SSSR count). The lowest BCUT2D eigenvalue weighted by Crippen LogP contribution is -2.14. The van der Waals surface area contributed by atoms with E-state index in [1.807, 2.05) is 37.3 Å². The lowest BCUT2D eigenvalue weighted by Gasteiger charge is -2.14. The van der Waals surface area contributed by atoms with Gasteiger partial charge in [-0.15, -0.1) is 0 Å². The second-order valence-electron chi connectivity index (χ2n) is 5.60. The van der Waals surface area contributed by atoms with Crippen molar-refractivity contribution < 1.29 is 14.3 Å². The Morgan fingerprint density at radius 1 is 1.22 bits per heavy atom. The Kier molecular flexibility index (Phi) is 4.31. The predicted molar refractivity (Wildman–Crippen MR) is 93.5 cm³/mol. The summed E-state index contributed by atoms with van der Waals surface area (Å²) in [5.41, 5.74) is 4.11. The zero-order valence-electron chi connectivity index (χ0n) is 13.3. The number of methoxy groups -OCH3 is 2. The molecule has 2 aromatic rings. The van der Waals surface area contributed by atoms with Crippen molar-refractivity contribution in [3.8, 4) is 11.5 Å². The van der Waals surface area contributed by atoms with Gasteiger partial charge in [0.05, 0.1) is 24.6 Å². The van der Waals surface area contributed by atoms with Crippen LogP contribution < -0.4 is 14.8 Å². The molecule has 0 fully saturated rings. The molecule has 0 radical (unpaired) electrons. The fraction of sp³-hybridized carbons (Fsp3) is 0.278. The van der Waals surface area contributed by atoms with Gasteiger partial charge in [0.15, 0.2) is 11.5 Å². The molecule has 0 spiro atoms. The molecular formula is C18H18BrNO3. The van der Waals surface area contributed by atoms with Crippen molar-refractivity contribution in [1.82, 2.24) is 0 Å². The van der Waals surface area contributed by atoms with Gasteiger partial charge in [-0.25, -0.2) is 0 Å². The quantitative estimate of drug-likeness (QED) is 0.876. The SMILES string of the molecule is COc1cc(C[C@@H]2C(=O)Nc3c(C)cccc32)cc(Br)c1OC. The average Bonchev–Trinajstić information content (AvgIpc) is 2.84. The Labute approximate surface area is 143 Å². The molecule has 0 saturated heterocycles. The third-order valence-electron chi connectivity index (χ3n) is 4.18. The fourth-order valence-electron chi connectivity index (χ4n) is 3.03. The van der Waals surface area contributed by atoms with E-state index in [4.69, 9.17) is 9.47 Å². The molecular weight excluding hydrogens is 358 g/mol. The van der Waals surface area contributed by atoms with Crippen LogP contribution in [0, 0.1) is 6.92 Å². The highest BCUT2D eigenvalue weighted by Gasteiger charge is 2.31. The number of ether oxygens (including phenoxy) is 2. The number of amides is 1. The minimum atomic E-state index is -0.185. The topological polar surface area (TPSA) is 47.6 Å². The number of fused-ring (bicyclic) bond motifs is 1. The first-order valence-electron chi connectivity index (χ1n) is 7.36. The Bertz CT molecular complexity index is 773. The summed E-state index contributed by atoms with van der Waals surface area (Å²) < 4.78 is 11.5. The molecule has 1 N–H and O–H groups in total. The van der Waals surface area contributed by atoms with E-state index >= 15 is 0 Å². The van der Waals surface area contributed by atoms with Crippen LogP contribution in [-0.2, 0) is 11.2 Å². The molecule has 1 aliphatic heterocycles. The molecule has 0 unspecified atom stereocenters. The number of nitrogens with one attached hydrogen (secondary N) is 1. The van der Waals surface area contributed by atoms with E-state index in [1.165, 1.54) is 0 Å². The van der Waals surface area contributed by atoms with E-state index in [-0.39, 0.29) is 11.8 Å². The highest BCUT2D eigenvalue weighted by atomic mass is 79.9. The van der Waals surface area contributed by atoms with Crippen LogP contribution in [0.4, 0.5) is 5.69 Å². The van der Waals surface area contributed by atoms with E-state index in [0.29, 0.717) is 17.9 Å². The van der Waals surface area contributed by atoms with E-state index in [1.54, 1.807) is 14.2 Å². The highest BCUT2D eigenvalue weighted by Crippen LogP contribution is 2.40. The monoisotopic (exact) mass is 375 g/mol. The number of hydrogen-bond donors (Lipinski definition) is 1. The molecule has 2 aromatic carbocycles. The standard InChI is InChI=1S/C18H18BrNO3/c1-10-5-4-6-12-13(18(21)20-16(10)12)7-11-8-14(19)17(23-3)15(9-11)22-2/h4-6,8-9,13H,7H2,1-3H3,(H,20,21)/t13-/m0/s1. The van der Waals surface area contributed by atoms with Crippen molar-refractivity contribution in [2.45, 2.75) is 19.3 Å². The number of hydrogen-bond acceptors (Lipinski definition) is 3. The average molecular weight is 376 g/mol. The lowest BCUT2D eigenvalue weighted by atomic mass is 9.92. The van der Waals surface area contributed by atoms with Crippen LogP contribution in [0.2, 0.25) is 0 Å². The summed E-state index contributed by atoms with van der Waals surface area (Å²) in [5, 5.41) is 3.00. The van der Waals surface area contributed by atoms with Crippen molar-refractivity contribution in [1.29, 1.82) is 0 Å². The lowest BCUT2D eigenvalue weighted by molar-refractivity contribution is -0.117. The third kappa shape index (κ3) is 2.81. The van der Waals surface area contributed by atoms with Crippen molar-refractivity contribution in [3.05, 3.63) is 51.5 Å². The Hall–Kier alpha value is -2.01. The minimum absolute atomic E-state index is 0.0419. The van der Waals surface area contributed by atoms with E-state index in [9.17, 15) is 4.79 Å². The van der Waals surface area contributed by atoms with Crippen molar-refractivity contribution >= 4 is 27.5 Å². The number of carbonyl (C=O) groups excluding carboxylic acids is 1. The molecule has 5 heteroatoms. The van der Waals surface area contributed by atoms with Crippen LogP contribution >= 0.6 is 15.9 Å². The summed E-state index contributed by atoms with van der Waals surface area (Å²) in [6, 6.07) is 9.91. The second-order valence-corrected chi connectivity index (χ2v) is 6.45. The number of para-hydroxylation sites is 1. The van der Waals surface area contributed by atoms with Gasteiger partial charge in [0.25, 0.3) is 0 Å². The third-order valence-corrected chi connectivity index (χ3v) is 4.77. The number of halogens is 1. The molecule has 0 aliphatic carbocycles. The Balaban J connectivity index is 1.96. The zero-order chi connectivity index (χ0) is 16.6. The maximum absolute atomic E-state index is 12.4. The summed E-state index contributed by atoms with van der Waals surface area (Å²) in [6.45, 7) is 2.01. The van der Waals surface area contributed by atoms with Crippen LogP contribution in [-0.4, -0.2) is 20.1 Å². The predicted octanol–water partition coefficient (Wildman–Crippen LogP) is 4.05. The molecule has 1 amide bonds.